The van der Waals surface area contributed by atoms with Gasteiger partial charge in [0, 0.05) is 24.0 Å². The van der Waals surface area contributed by atoms with Crippen LogP contribution in [0.1, 0.15) is 48.1 Å². The van der Waals surface area contributed by atoms with Gasteiger partial charge in [0.2, 0.25) is 5.91 Å². The smallest absolute Gasteiger partial charge is 0.241 e. The molecule has 5 heteroatoms. The molecule has 0 bridgehead atoms. The molecule has 26 heavy (non-hydrogen) atoms. The number of fused-ring (bicyclic) bond motifs is 1. The van der Waals surface area contributed by atoms with Crippen LogP contribution in [0.2, 0.25) is 0 Å². The van der Waals surface area contributed by atoms with Gasteiger partial charge in [-0.15, -0.1) is 11.3 Å². The van der Waals surface area contributed by atoms with Gasteiger partial charge < -0.3 is 0 Å². The van der Waals surface area contributed by atoms with E-state index in [4.69, 9.17) is 0 Å². The van der Waals surface area contributed by atoms with E-state index in [1.54, 1.807) is 12.1 Å². The Balaban J connectivity index is 1.54. The molecule has 2 aliphatic rings. The number of benzene rings is 1. The molecule has 0 spiro atoms. The third kappa shape index (κ3) is 3.84. The van der Waals surface area contributed by atoms with Crippen molar-refractivity contribution in [3.8, 4) is 0 Å². The van der Waals surface area contributed by atoms with Crippen molar-refractivity contribution < 1.29 is 9.18 Å². The van der Waals surface area contributed by atoms with Crippen molar-refractivity contribution >= 4 is 17.2 Å². The molecule has 0 radical (unpaired) electrons. The molecule has 0 saturated heterocycles. The van der Waals surface area contributed by atoms with Crippen molar-refractivity contribution in [2.75, 3.05) is 6.54 Å². The SMILES string of the molecule is O=C(Cc1ccc(F)cc1)N(C1CCCCC1)N1CCc2sccc2C1. The van der Waals surface area contributed by atoms with Crippen molar-refractivity contribution in [1.29, 1.82) is 0 Å². The van der Waals surface area contributed by atoms with Crippen molar-refractivity contribution in [1.82, 2.24) is 10.0 Å². The van der Waals surface area contributed by atoms with Crippen molar-refractivity contribution in [3.63, 3.8) is 0 Å². The molecule has 2 heterocycles. The number of nitrogens with zero attached hydrogens (tertiary/aromatic N) is 2. The van der Waals surface area contributed by atoms with Crippen LogP contribution in [-0.2, 0) is 24.2 Å². The summed E-state index contributed by atoms with van der Waals surface area (Å²) in [5.41, 5.74) is 2.24. The molecular weight excluding hydrogens is 347 g/mol. The first-order valence-electron chi connectivity index (χ1n) is 9.57. The fourth-order valence-electron chi connectivity index (χ4n) is 4.19. The number of thiophene rings is 1. The van der Waals surface area contributed by atoms with Crippen LogP contribution >= 0.6 is 11.3 Å². The fourth-order valence-corrected chi connectivity index (χ4v) is 5.08. The Kier molecular flexibility index (Phi) is 5.36. The second-order valence-corrected chi connectivity index (χ2v) is 8.34. The summed E-state index contributed by atoms with van der Waals surface area (Å²) in [5.74, 6) is -0.117. The van der Waals surface area contributed by atoms with Crippen LogP contribution in [0, 0.1) is 5.82 Å². The Labute approximate surface area is 158 Å². The van der Waals surface area contributed by atoms with E-state index in [9.17, 15) is 9.18 Å². The van der Waals surface area contributed by atoms with Crippen LogP contribution in [0.25, 0.3) is 0 Å². The number of carbonyl (C=O) groups excluding carboxylic acids is 1. The monoisotopic (exact) mass is 372 g/mol. The summed E-state index contributed by atoms with van der Waals surface area (Å²) in [6, 6.07) is 8.81. The highest BCUT2D eigenvalue weighted by atomic mass is 32.1. The average Bonchev–Trinajstić information content (AvgIpc) is 3.13. The summed E-state index contributed by atoms with van der Waals surface area (Å²) in [6.45, 7) is 1.73. The lowest BCUT2D eigenvalue weighted by atomic mass is 9.94. The second-order valence-electron chi connectivity index (χ2n) is 7.34. The maximum Gasteiger partial charge on any atom is 0.241 e. The second kappa shape index (κ2) is 7.89. The first kappa shape index (κ1) is 17.7. The molecule has 1 fully saturated rings. The van der Waals surface area contributed by atoms with Crippen LogP contribution in [0.4, 0.5) is 4.39 Å². The summed E-state index contributed by atoms with van der Waals surface area (Å²) in [6.07, 6.45) is 7.18. The van der Waals surface area contributed by atoms with Gasteiger partial charge in [0.25, 0.3) is 0 Å². The molecule has 0 atom stereocenters. The minimum atomic E-state index is -0.258. The Hall–Kier alpha value is -1.72. The van der Waals surface area contributed by atoms with Gasteiger partial charge in [0.05, 0.1) is 6.42 Å². The number of hydrogen-bond donors (Lipinski definition) is 0. The summed E-state index contributed by atoms with van der Waals surface area (Å²) in [4.78, 5) is 14.7. The maximum atomic E-state index is 13.2. The topological polar surface area (TPSA) is 23.6 Å². The predicted octanol–water partition coefficient (Wildman–Crippen LogP) is 4.56. The molecule has 4 rings (SSSR count). The van der Waals surface area contributed by atoms with E-state index >= 15 is 0 Å². The van der Waals surface area contributed by atoms with Gasteiger partial charge in [-0.2, -0.15) is 0 Å². The zero-order chi connectivity index (χ0) is 17.9. The molecule has 1 aliphatic heterocycles. The average molecular weight is 373 g/mol. The van der Waals surface area contributed by atoms with E-state index in [1.165, 1.54) is 41.8 Å². The first-order chi connectivity index (χ1) is 12.7. The number of halogens is 1. The van der Waals surface area contributed by atoms with E-state index in [2.05, 4.69) is 21.5 Å². The largest absolute Gasteiger partial charge is 0.273 e. The minimum Gasteiger partial charge on any atom is -0.273 e. The van der Waals surface area contributed by atoms with Gasteiger partial charge in [-0.1, -0.05) is 31.4 Å². The van der Waals surface area contributed by atoms with Crippen molar-refractivity contribution in [2.45, 2.75) is 57.5 Å². The lowest BCUT2D eigenvalue weighted by Crippen LogP contribution is -2.54. The summed E-state index contributed by atoms with van der Waals surface area (Å²) < 4.78 is 13.2. The quantitative estimate of drug-likeness (QED) is 0.785. The van der Waals surface area contributed by atoms with Crippen LogP contribution in [0.15, 0.2) is 35.7 Å². The number of amides is 1. The Morgan fingerprint density at radius 3 is 2.69 bits per heavy atom. The molecule has 0 unspecified atom stereocenters. The fraction of sp³-hybridized carbons (Fsp3) is 0.476. The number of carbonyl (C=O) groups is 1. The molecular formula is C21H25FN2OS. The predicted molar refractivity (Wildman–Crippen MR) is 102 cm³/mol. The van der Waals surface area contributed by atoms with Crippen LogP contribution < -0.4 is 0 Å². The van der Waals surface area contributed by atoms with Crippen LogP contribution in [-0.4, -0.2) is 28.5 Å². The number of hydrazine groups is 1. The van der Waals surface area contributed by atoms with Crippen LogP contribution in [0.5, 0.6) is 0 Å². The molecule has 138 valence electrons. The molecule has 0 N–H and O–H groups in total. The van der Waals surface area contributed by atoms with Gasteiger partial charge in [-0.25, -0.2) is 9.40 Å². The van der Waals surface area contributed by atoms with E-state index in [0.29, 0.717) is 12.5 Å². The lowest BCUT2D eigenvalue weighted by Gasteiger charge is -2.43. The van der Waals surface area contributed by atoms with Crippen LogP contribution in [0.3, 0.4) is 0 Å². The molecule has 3 nitrogen and oxygen atoms in total. The summed E-state index contributed by atoms with van der Waals surface area (Å²) >= 11 is 1.82. The third-order valence-corrected chi connectivity index (χ3v) is 6.56. The van der Waals surface area contributed by atoms with Gasteiger partial charge in [-0.05, 0) is 54.0 Å². The summed E-state index contributed by atoms with van der Waals surface area (Å²) in [7, 11) is 0. The molecule has 1 aromatic carbocycles. The maximum absolute atomic E-state index is 13.2. The molecule has 1 saturated carbocycles. The Bertz CT molecular complexity index is 752. The number of rotatable bonds is 4. The van der Waals surface area contributed by atoms with E-state index < -0.39 is 0 Å². The van der Waals surface area contributed by atoms with Gasteiger partial charge in [0.15, 0.2) is 0 Å². The Morgan fingerprint density at radius 1 is 1.15 bits per heavy atom. The third-order valence-electron chi connectivity index (χ3n) is 5.54. The van der Waals surface area contributed by atoms with Gasteiger partial charge >= 0.3 is 0 Å². The lowest BCUT2D eigenvalue weighted by molar-refractivity contribution is -0.159. The van der Waals surface area contributed by atoms with Crippen molar-refractivity contribution in [3.05, 3.63) is 57.5 Å². The zero-order valence-corrected chi connectivity index (χ0v) is 15.8. The molecule has 1 aliphatic carbocycles. The molecule has 2 aromatic rings. The highest BCUT2D eigenvalue weighted by Gasteiger charge is 2.32. The summed E-state index contributed by atoms with van der Waals surface area (Å²) in [5, 5.41) is 6.47. The van der Waals surface area contributed by atoms with E-state index in [0.717, 1.165) is 37.9 Å². The molecule has 1 aromatic heterocycles. The minimum absolute atomic E-state index is 0.141. The highest BCUT2D eigenvalue weighted by Crippen LogP contribution is 2.30. The standard InChI is InChI=1S/C21H25FN2OS/c22-18-8-6-16(7-9-18)14-21(25)24(19-4-2-1-3-5-19)23-12-10-20-17(15-23)11-13-26-20/h6-9,11,13,19H,1-5,10,12,14-15H2. The first-order valence-corrected chi connectivity index (χ1v) is 10.5. The normalized spacial score (nSPS) is 18.5. The van der Waals surface area contributed by atoms with E-state index in [-0.39, 0.29) is 11.7 Å². The van der Waals surface area contributed by atoms with Gasteiger partial charge in [-0.3, -0.25) is 9.80 Å². The van der Waals surface area contributed by atoms with E-state index in [1.807, 2.05) is 11.3 Å². The highest BCUT2D eigenvalue weighted by molar-refractivity contribution is 7.10. The van der Waals surface area contributed by atoms with Gasteiger partial charge in [0.1, 0.15) is 5.82 Å². The molecule has 1 amide bonds. The zero-order valence-electron chi connectivity index (χ0n) is 15.0. The van der Waals surface area contributed by atoms with Crippen molar-refractivity contribution in [2.24, 2.45) is 0 Å². The number of hydrogen-bond acceptors (Lipinski definition) is 3. The Morgan fingerprint density at radius 2 is 1.92 bits per heavy atom.